The predicted molar refractivity (Wildman–Crippen MR) is 62.6 cm³/mol. The van der Waals surface area contributed by atoms with Gasteiger partial charge in [-0.2, -0.15) is 13.2 Å². The van der Waals surface area contributed by atoms with E-state index in [0.717, 1.165) is 5.69 Å². The van der Waals surface area contributed by atoms with E-state index in [-0.39, 0.29) is 17.5 Å². The van der Waals surface area contributed by atoms with E-state index in [0.29, 0.717) is 12.2 Å². The summed E-state index contributed by atoms with van der Waals surface area (Å²) in [7, 11) is 1.72. The van der Waals surface area contributed by atoms with Gasteiger partial charge < -0.3 is 10.6 Å². The normalized spacial score (nSPS) is 11.5. The quantitative estimate of drug-likeness (QED) is 0.833. The number of nitrogen functional groups attached to an aromatic ring is 1. The fraction of sp³-hybridized carbons (Fsp3) is 0.400. The van der Waals surface area contributed by atoms with Gasteiger partial charge in [0.2, 0.25) is 0 Å². The number of rotatable bonds is 4. The third kappa shape index (κ3) is 4.22. The van der Waals surface area contributed by atoms with Gasteiger partial charge in [-0.1, -0.05) is 12.1 Å². The summed E-state index contributed by atoms with van der Waals surface area (Å²) in [6, 6.07) is 7.10. The van der Waals surface area contributed by atoms with Gasteiger partial charge in [0, 0.05) is 19.3 Å². The van der Waals surface area contributed by atoms with E-state index < -0.39 is 5.51 Å². The zero-order chi connectivity index (χ0) is 12.2. The summed E-state index contributed by atoms with van der Waals surface area (Å²) in [4.78, 5) is 1.72. The van der Waals surface area contributed by atoms with E-state index in [1.165, 1.54) is 0 Å². The molecule has 0 heterocycles. The van der Waals surface area contributed by atoms with Gasteiger partial charge in [-0.3, -0.25) is 0 Å². The molecule has 0 aliphatic carbocycles. The van der Waals surface area contributed by atoms with Gasteiger partial charge in [0.25, 0.3) is 0 Å². The molecule has 0 fully saturated rings. The molecule has 0 aliphatic heterocycles. The first-order chi connectivity index (χ1) is 7.40. The van der Waals surface area contributed by atoms with Gasteiger partial charge >= 0.3 is 5.51 Å². The highest BCUT2D eigenvalue weighted by atomic mass is 32.2. The van der Waals surface area contributed by atoms with Gasteiger partial charge in [0.15, 0.2) is 0 Å². The molecule has 0 amide bonds. The molecule has 16 heavy (non-hydrogen) atoms. The number of nitrogens with zero attached hydrogens (tertiary/aromatic N) is 1. The summed E-state index contributed by atoms with van der Waals surface area (Å²) in [5, 5.41) is 0. The Morgan fingerprint density at radius 2 is 1.94 bits per heavy atom. The lowest BCUT2D eigenvalue weighted by molar-refractivity contribution is -0.0327. The van der Waals surface area contributed by atoms with Crippen LogP contribution in [0.15, 0.2) is 24.3 Å². The molecular formula is C10H13F3N2S. The Labute approximate surface area is 96.6 Å². The van der Waals surface area contributed by atoms with Crippen LogP contribution < -0.4 is 10.6 Å². The zero-order valence-electron chi connectivity index (χ0n) is 8.79. The second kappa shape index (κ2) is 5.34. The van der Waals surface area contributed by atoms with Crippen molar-refractivity contribution in [1.82, 2.24) is 0 Å². The molecule has 0 saturated carbocycles. The van der Waals surface area contributed by atoms with Crippen molar-refractivity contribution >= 4 is 23.1 Å². The number of nitrogens with two attached hydrogens (primary N) is 1. The maximum Gasteiger partial charge on any atom is 0.441 e. The Kier molecular flexibility index (Phi) is 4.35. The standard InChI is InChI=1S/C10H13F3N2S/c1-15(6-7-16-10(11,12)13)9-5-3-2-4-8(9)14/h2-5H,6-7,14H2,1H3. The van der Waals surface area contributed by atoms with E-state index >= 15 is 0 Å². The van der Waals surface area contributed by atoms with Gasteiger partial charge in [-0.05, 0) is 23.9 Å². The molecule has 0 aromatic heterocycles. The predicted octanol–water partition coefficient (Wildman–Crippen LogP) is 2.96. The molecule has 0 atom stereocenters. The second-order valence-electron chi connectivity index (χ2n) is 3.27. The molecule has 0 saturated heterocycles. The number of anilines is 2. The smallest absolute Gasteiger partial charge is 0.397 e. The van der Waals surface area contributed by atoms with Crippen LogP contribution in [0.25, 0.3) is 0 Å². The third-order valence-corrected chi connectivity index (χ3v) is 2.75. The molecule has 6 heteroatoms. The summed E-state index contributed by atoms with van der Waals surface area (Å²) in [6.45, 7) is 0.304. The lowest BCUT2D eigenvalue weighted by atomic mass is 10.2. The van der Waals surface area contributed by atoms with E-state index in [9.17, 15) is 13.2 Å². The van der Waals surface area contributed by atoms with E-state index in [1.54, 1.807) is 36.2 Å². The first-order valence-electron chi connectivity index (χ1n) is 4.66. The first-order valence-corrected chi connectivity index (χ1v) is 5.65. The van der Waals surface area contributed by atoms with E-state index in [1.807, 2.05) is 0 Å². The van der Waals surface area contributed by atoms with Crippen molar-refractivity contribution in [3.63, 3.8) is 0 Å². The zero-order valence-corrected chi connectivity index (χ0v) is 9.61. The summed E-state index contributed by atoms with van der Waals surface area (Å²) >= 11 is -0.0201. The third-order valence-electron chi connectivity index (χ3n) is 2.04. The van der Waals surface area contributed by atoms with Crippen molar-refractivity contribution in [2.24, 2.45) is 0 Å². The first kappa shape index (κ1) is 13.0. The van der Waals surface area contributed by atoms with Crippen LogP contribution in [0, 0.1) is 0 Å². The minimum Gasteiger partial charge on any atom is -0.397 e. The highest BCUT2D eigenvalue weighted by molar-refractivity contribution is 8.00. The van der Waals surface area contributed by atoms with E-state index in [4.69, 9.17) is 5.73 Å². The van der Waals surface area contributed by atoms with Gasteiger partial charge in [-0.25, -0.2) is 0 Å². The Hall–Kier alpha value is -1.04. The molecule has 0 unspecified atom stereocenters. The molecule has 0 bridgehead atoms. The lowest BCUT2D eigenvalue weighted by Crippen LogP contribution is -2.22. The van der Waals surface area contributed by atoms with Crippen molar-refractivity contribution in [2.75, 3.05) is 30.0 Å². The summed E-state index contributed by atoms with van der Waals surface area (Å²) in [5.41, 5.74) is 2.87. The number of hydrogen-bond donors (Lipinski definition) is 1. The largest absolute Gasteiger partial charge is 0.441 e. The van der Waals surface area contributed by atoms with Crippen molar-refractivity contribution in [3.8, 4) is 0 Å². The molecular weight excluding hydrogens is 237 g/mol. The summed E-state index contributed by atoms with van der Waals surface area (Å²) < 4.78 is 35.7. The van der Waals surface area contributed by atoms with Crippen LogP contribution in [0.3, 0.4) is 0 Å². The highest BCUT2D eigenvalue weighted by Crippen LogP contribution is 2.30. The average molecular weight is 250 g/mol. The fourth-order valence-electron chi connectivity index (χ4n) is 1.25. The molecule has 2 N–H and O–H groups in total. The Balaban J connectivity index is 2.47. The Morgan fingerprint density at radius 1 is 1.31 bits per heavy atom. The molecule has 0 radical (unpaired) electrons. The second-order valence-corrected chi connectivity index (χ2v) is 4.43. The topological polar surface area (TPSA) is 29.3 Å². The Bertz CT molecular complexity index is 341. The van der Waals surface area contributed by atoms with E-state index in [2.05, 4.69) is 0 Å². The van der Waals surface area contributed by atoms with Crippen LogP contribution in [-0.4, -0.2) is 24.9 Å². The fourth-order valence-corrected chi connectivity index (χ4v) is 1.85. The number of alkyl halides is 3. The molecule has 0 aliphatic rings. The lowest BCUT2D eigenvalue weighted by Gasteiger charge is -2.20. The van der Waals surface area contributed by atoms with Gasteiger partial charge in [0.1, 0.15) is 0 Å². The van der Waals surface area contributed by atoms with Crippen molar-refractivity contribution < 1.29 is 13.2 Å². The van der Waals surface area contributed by atoms with Crippen LogP contribution >= 0.6 is 11.8 Å². The van der Waals surface area contributed by atoms with Gasteiger partial charge in [0.05, 0.1) is 11.4 Å². The molecule has 1 rings (SSSR count). The minimum absolute atomic E-state index is 0.00562. The number of benzene rings is 1. The number of thioether (sulfide) groups is 1. The molecule has 90 valence electrons. The van der Waals surface area contributed by atoms with Gasteiger partial charge in [-0.15, -0.1) is 0 Å². The van der Waals surface area contributed by atoms with Crippen LogP contribution in [0.1, 0.15) is 0 Å². The van der Waals surface area contributed by atoms with Crippen LogP contribution in [-0.2, 0) is 0 Å². The average Bonchev–Trinajstić information content (AvgIpc) is 2.16. The number of hydrogen-bond acceptors (Lipinski definition) is 3. The monoisotopic (exact) mass is 250 g/mol. The maximum absolute atomic E-state index is 11.9. The van der Waals surface area contributed by atoms with Crippen molar-refractivity contribution in [1.29, 1.82) is 0 Å². The number of para-hydroxylation sites is 2. The summed E-state index contributed by atoms with van der Waals surface area (Å²) in [5.74, 6) is -0.00562. The molecule has 2 nitrogen and oxygen atoms in total. The van der Waals surface area contributed by atoms with Crippen LogP contribution in [0.5, 0.6) is 0 Å². The maximum atomic E-state index is 11.9. The number of halogens is 3. The SMILES string of the molecule is CN(CCSC(F)(F)F)c1ccccc1N. The van der Waals surface area contributed by atoms with Crippen molar-refractivity contribution in [2.45, 2.75) is 5.51 Å². The minimum atomic E-state index is -4.16. The molecule has 1 aromatic carbocycles. The summed E-state index contributed by atoms with van der Waals surface area (Å²) in [6.07, 6.45) is 0. The van der Waals surface area contributed by atoms with Crippen molar-refractivity contribution in [3.05, 3.63) is 24.3 Å². The highest BCUT2D eigenvalue weighted by Gasteiger charge is 2.27. The van der Waals surface area contributed by atoms with Crippen LogP contribution in [0.4, 0.5) is 24.5 Å². The molecule has 1 aromatic rings. The Morgan fingerprint density at radius 3 is 2.50 bits per heavy atom. The molecule has 0 spiro atoms. The van der Waals surface area contributed by atoms with Crippen LogP contribution in [0.2, 0.25) is 0 Å².